The van der Waals surface area contributed by atoms with E-state index in [-0.39, 0.29) is 5.41 Å². The minimum Gasteiger partial charge on any atom is -0.497 e. The van der Waals surface area contributed by atoms with Crippen molar-refractivity contribution in [3.8, 4) is 5.75 Å². The molecule has 0 heterocycles. The molecule has 0 saturated carbocycles. The predicted octanol–water partition coefficient (Wildman–Crippen LogP) is 4.64. The third kappa shape index (κ3) is 2.10. The molecule has 1 aromatic carbocycles. The number of rotatable bonds is 5. The Kier molecular flexibility index (Phi) is 3.90. The van der Waals surface area contributed by atoms with E-state index >= 15 is 0 Å². The molecule has 0 saturated heterocycles. The lowest BCUT2D eigenvalue weighted by atomic mass is 9.70. The first-order valence-corrected chi connectivity index (χ1v) is 6.78. The van der Waals surface area contributed by atoms with E-state index < -0.39 is 0 Å². The molecule has 0 bridgehead atoms. The van der Waals surface area contributed by atoms with Crippen molar-refractivity contribution >= 4 is 0 Å². The Hall–Kier alpha value is -1.50. The lowest BCUT2D eigenvalue weighted by Gasteiger charge is -2.33. The molecule has 18 heavy (non-hydrogen) atoms. The van der Waals surface area contributed by atoms with Crippen LogP contribution in [0.25, 0.3) is 0 Å². The SMILES string of the molecule is CCC(CC)(C1=CCC=C1)c1ccc(OC)cc1. The van der Waals surface area contributed by atoms with Gasteiger partial charge in [-0.3, -0.25) is 0 Å². The summed E-state index contributed by atoms with van der Waals surface area (Å²) in [6.07, 6.45) is 10.2. The third-order valence-electron chi connectivity index (χ3n) is 4.17. The van der Waals surface area contributed by atoms with E-state index in [1.807, 2.05) is 0 Å². The molecule has 1 nitrogen and oxygen atoms in total. The van der Waals surface area contributed by atoms with Crippen molar-refractivity contribution < 1.29 is 4.74 Å². The molecule has 96 valence electrons. The topological polar surface area (TPSA) is 9.23 Å². The highest BCUT2D eigenvalue weighted by atomic mass is 16.5. The van der Waals surface area contributed by atoms with Crippen molar-refractivity contribution in [2.45, 2.75) is 38.5 Å². The average molecular weight is 242 g/mol. The van der Waals surface area contributed by atoms with E-state index in [0.717, 1.165) is 25.0 Å². The summed E-state index contributed by atoms with van der Waals surface area (Å²) in [5, 5.41) is 0. The Morgan fingerprint density at radius 1 is 1.11 bits per heavy atom. The van der Waals surface area contributed by atoms with Gasteiger partial charge < -0.3 is 4.74 Å². The highest BCUT2D eigenvalue weighted by molar-refractivity contribution is 5.45. The second kappa shape index (κ2) is 5.43. The number of allylic oxidation sites excluding steroid dienone is 4. The molecular formula is C17H22O. The van der Waals surface area contributed by atoms with E-state index in [2.05, 4.69) is 56.3 Å². The van der Waals surface area contributed by atoms with Crippen molar-refractivity contribution in [3.63, 3.8) is 0 Å². The largest absolute Gasteiger partial charge is 0.497 e. The van der Waals surface area contributed by atoms with Crippen molar-refractivity contribution in [1.82, 2.24) is 0 Å². The zero-order valence-electron chi connectivity index (χ0n) is 11.6. The Labute approximate surface area is 110 Å². The number of hydrogen-bond acceptors (Lipinski definition) is 1. The Balaban J connectivity index is 2.42. The van der Waals surface area contributed by atoms with Gasteiger partial charge in [0, 0.05) is 5.41 Å². The summed E-state index contributed by atoms with van der Waals surface area (Å²) in [5.74, 6) is 0.927. The number of ether oxygens (including phenoxy) is 1. The van der Waals surface area contributed by atoms with E-state index in [1.165, 1.54) is 11.1 Å². The lowest BCUT2D eigenvalue weighted by molar-refractivity contribution is 0.413. The van der Waals surface area contributed by atoms with E-state index in [9.17, 15) is 0 Å². The van der Waals surface area contributed by atoms with Crippen LogP contribution in [0.4, 0.5) is 0 Å². The predicted molar refractivity (Wildman–Crippen MR) is 77.1 cm³/mol. The monoisotopic (exact) mass is 242 g/mol. The molecule has 0 amide bonds. The first-order valence-electron chi connectivity index (χ1n) is 6.78. The van der Waals surface area contributed by atoms with Gasteiger partial charge in [0.05, 0.1) is 7.11 Å². The molecule has 0 unspecified atom stereocenters. The maximum atomic E-state index is 5.25. The molecule has 0 atom stereocenters. The van der Waals surface area contributed by atoms with Gasteiger partial charge in [-0.1, -0.05) is 44.2 Å². The number of methoxy groups -OCH3 is 1. The van der Waals surface area contributed by atoms with Gasteiger partial charge >= 0.3 is 0 Å². The standard InChI is InChI=1S/C17H22O/c1-4-17(5-2,14-8-6-7-9-14)15-10-12-16(18-3)13-11-15/h6,8-13H,4-5,7H2,1-3H3. The number of benzene rings is 1. The zero-order chi connectivity index (χ0) is 13.0. The fourth-order valence-electron chi connectivity index (χ4n) is 2.96. The van der Waals surface area contributed by atoms with Gasteiger partial charge in [0.2, 0.25) is 0 Å². The normalized spacial score (nSPS) is 14.7. The summed E-state index contributed by atoms with van der Waals surface area (Å²) >= 11 is 0. The fraction of sp³-hybridized carbons (Fsp3) is 0.412. The molecule has 2 rings (SSSR count). The maximum Gasteiger partial charge on any atom is 0.118 e. The zero-order valence-corrected chi connectivity index (χ0v) is 11.6. The van der Waals surface area contributed by atoms with Crippen LogP contribution in [0.3, 0.4) is 0 Å². The second-order valence-corrected chi connectivity index (χ2v) is 4.82. The first kappa shape index (κ1) is 12.9. The van der Waals surface area contributed by atoms with Crippen LogP contribution < -0.4 is 4.74 Å². The van der Waals surface area contributed by atoms with Gasteiger partial charge in [-0.25, -0.2) is 0 Å². The van der Waals surface area contributed by atoms with E-state index in [1.54, 1.807) is 7.11 Å². The van der Waals surface area contributed by atoms with E-state index in [0.29, 0.717) is 0 Å². The molecule has 1 aliphatic rings. The average Bonchev–Trinajstić information content (AvgIpc) is 2.96. The summed E-state index contributed by atoms with van der Waals surface area (Å²) in [6, 6.07) is 8.54. The van der Waals surface area contributed by atoms with Crippen LogP contribution in [0.5, 0.6) is 5.75 Å². The Bertz CT molecular complexity index is 447. The highest BCUT2D eigenvalue weighted by Crippen LogP contribution is 2.41. The van der Waals surface area contributed by atoms with Crippen LogP contribution in [0.2, 0.25) is 0 Å². The Morgan fingerprint density at radius 2 is 1.78 bits per heavy atom. The second-order valence-electron chi connectivity index (χ2n) is 4.82. The van der Waals surface area contributed by atoms with Crippen molar-refractivity contribution in [2.24, 2.45) is 0 Å². The van der Waals surface area contributed by atoms with Crippen LogP contribution >= 0.6 is 0 Å². The molecule has 0 N–H and O–H groups in total. The van der Waals surface area contributed by atoms with Gasteiger partial charge in [-0.15, -0.1) is 0 Å². The van der Waals surface area contributed by atoms with E-state index in [4.69, 9.17) is 4.74 Å². The molecule has 0 spiro atoms. The smallest absolute Gasteiger partial charge is 0.118 e. The van der Waals surface area contributed by atoms with Gasteiger partial charge in [0.25, 0.3) is 0 Å². The minimum atomic E-state index is 0.166. The van der Waals surface area contributed by atoms with Crippen LogP contribution in [0.1, 0.15) is 38.7 Å². The summed E-state index contributed by atoms with van der Waals surface area (Å²) < 4.78 is 5.25. The van der Waals surface area contributed by atoms with Gasteiger partial charge in [-0.05, 0) is 42.5 Å². The summed E-state index contributed by atoms with van der Waals surface area (Å²) in [7, 11) is 1.71. The molecular weight excluding hydrogens is 220 g/mol. The lowest BCUT2D eigenvalue weighted by Crippen LogP contribution is -2.26. The Morgan fingerprint density at radius 3 is 2.22 bits per heavy atom. The van der Waals surface area contributed by atoms with Crippen LogP contribution in [0, 0.1) is 0 Å². The molecule has 1 aliphatic carbocycles. The van der Waals surface area contributed by atoms with Crippen molar-refractivity contribution in [2.75, 3.05) is 7.11 Å². The van der Waals surface area contributed by atoms with Crippen LogP contribution in [-0.4, -0.2) is 7.11 Å². The van der Waals surface area contributed by atoms with Gasteiger partial charge in [0.1, 0.15) is 5.75 Å². The summed E-state index contributed by atoms with van der Waals surface area (Å²) in [4.78, 5) is 0. The van der Waals surface area contributed by atoms with Gasteiger partial charge in [0.15, 0.2) is 0 Å². The molecule has 0 fully saturated rings. The van der Waals surface area contributed by atoms with Crippen molar-refractivity contribution in [3.05, 3.63) is 53.6 Å². The quantitative estimate of drug-likeness (QED) is 0.731. The van der Waals surface area contributed by atoms with Crippen molar-refractivity contribution in [1.29, 1.82) is 0 Å². The highest BCUT2D eigenvalue weighted by Gasteiger charge is 2.32. The minimum absolute atomic E-state index is 0.166. The molecule has 1 aromatic rings. The third-order valence-corrected chi connectivity index (χ3v) is 4.17. The molecule has 0 aromatic heterocycles. The molecule has 0 aliphatic heterocycles. The van der Waals surface area contributed by atoms with Crippen LogP contribution in [-0.2, 0) is 5.41 Å². The molecule has 1 heteroatoms. The molecule has 0 radical (unpaired) electrons. The first-order chi connectivity index (χ1) is 8.76. The number of hydrogen-bond donors (Lipinski definition) is 0. The maximum absolute atomic E-state index is 5.25. The van der Waals surface area contributed by atoms with Crippen LogP contribution in [0.15, 0.2) is 48.1 Å². The van der Waals surface area contributed by atoms with Gasteiger partial charge in [-0.2, -0.15) is 0 Å². The summed E-state index contributed by atoms with van der Waals surface area (Å²) in [6.45, 7) is 4.56. The fourth-order valence-corrected chi connectivity index (χ4v) is 2.96. The summed E-state index contributed by atoms with van der Waals surface area (Å²) in [5.41, 5.74) is 3.03.